The zero-order chi connectivity index (χ0) is 27.2. The molecule has 0 amide bonds. The Morgan fingerprint density at radius 1 is 0.659 bits per heavy atom. The molecule has 5 heteroatoms. The fourth-order valence-electron chi connectivity index (χ4n) is 6.56. The standard InChI is InChI=1S/C36H22N2S3/c1-3-10-24-31-33-30(34-32(35(31)41-36(24)37-2)23-13-6-9-16-28(23)40-34)22-12-4-7-14-26(22)38(33)20-17-18-29-25(19-20)21-11-5-8-15-27(21)39-29/h3-19H,2H2,1H3/b10-3-. The lowest BCUT2D eigenvalue weighted by Gasteiger charge is -2.11. The van der Waals surface area contributed by atoms with Crippen molar-refractivity contribution >= 4 is 124 Å². The zero-order valence-electron chi connectivity index (χ0n) is 22.1. The third-order valence-electron chi connectivity index (χ3n) is 8.18. The molecule has 0 radical (unpaired) electrons. The van der Waals surface area contributed by atoms with Gasteiger partial charge < -0.3 is 4.57 Å². The lowest BCUT2D eigenvalue weighted by molar-refractivity contribution is 1.19. The van der Waals surface area contributed by atoms with Crippen molar-refractivity contribution in [2.75, 3.05) is 0 Å². The first-order valence-electron chi connectivity index (χ1n) is 13.6. The van der Waals surface area contributed by atoms with Gasteiger partial charge in [-0.3, -0.25) is 4.99 Å². The fourth-order valence-corrected chi connectivity index (χ4v) is 10.1. The van der Waals surface area contributed by atoms with Crippen LogP contribution in [0.4, 0.5) is 5.00 Å². The first kappa shape index (κ1) is 23.4. The van der Waals surface area contributed by atoms with Crippen molar-refractivity contribution in [3.63, 3.8) is 0 Å². The average molecular weight is 579 g/mol. The SMILES string of the molecule is C=Nc1sc2c(c1/C=C\C)c1c(c3ccccc3n1-c1ccc3sc4ccccc4c3c1)c1sc3ccccc3c21. The molecule has 0 fully saturated rings. The van der Waals surface area contributed by atoms with E-state index in [1.165, 1.54) is 77.9 Å². The van der Waals surface area contributed by atoms with E-state index in [0.29, 0.717) is 0 Å². The summed E-state index contributed by atoms with van der Waals surface area (Å²) in [5.74, 6) is 0. The van der Waals surface area contributed by atoms with Crippen molar-refractivity contribution < 1.29 is 0 Å². The number of thiophene rings is 3. The van der Waals surface area contributed by atoms with Gasteiger partial charge in [0.15, 0.2) is 0 Å². The van der Waals surface area contributed by atoms with Gasteiger partial charge in [0, 0.05) is 72.5 Å². The second-order valence-electron chi connectivity index (χ2n) is 10.3. The van der Waals surface area contributed by atoms with Crippen LogP contribution < -0.4 is 0 Å². The Morgan fingerprint density at radius 3 is 2.15 bits per heavy atom. The number of hydrogen-bond donors (Lipinski definition) is 0. The molecule has 4 heterocycles. The third-order valence-corrected chi connectivity index (χ3v) is 11.7. The molecule has 0 aliphatic heterocycles. The van der Waals surface area contributed by atoms with E-state index < -0.39 is 0 Å². The van der Waals surface area contributed by atoms with E-state index in [0.717, 1.165) is 10.6 Å². The Morgan fingerprint density at radius 2 is 1.34 bits per heavy atom. The van der Waals surface area contributed by atoms with Gasteiger partial charge >= 0.3 is 0 Å². The van der Waals surface area contributed by atoms with Crippen LogP contribution in [0.25, 0.3) is 84.0 Å². The van der Waals surface area contributed by atoms with Crippen LogP contribution in [0.15, 0.2) is 102 Å². The number of para-hydroxylation sites is 1. The molecule has 2 nitrogen and oxygen atoms in total. The molecule has 0 unspecified atom stereocenters. The summed E-state index contributed by atoms with van der Waals surface area (Å²) >= 11 is 5.53. The van der Waals surface area contributed by atoms with Gasteiger partial charge in [-0.05, 0) is 50.0 Å². The number of fused-ring (bicyclic) bond motifs is 13. The number of rotatable bonds is 3. The summed E-state index contributed by atoms with van der Waals surface area (Å²) in [6.45, 7) is 6.06. The molecule has 5 aromatic carbocycles. The van der Waals surface area contributed by atoms with Gasteiger partial charge in [0.05, 0.1) is 11.0 Å². The first-order chi connectivity index (χ1) is 20.3. The molecule has 194 valence electrons. The summed E-state index contributed by atoms with van der Waals surface area (Å²) in [6.07, 6.45) is 4.33. The highest BCUT2D eigenvalue weighted by molar-refractivity contribution is 7.29. The molecule has 0 aliphatic carbocycles. The van der Waals surface area contributed by atoms with Crippen molar-refractivity contribution in [1.82, 2.24) is 4.57 Å². The minimum atomic E-state index is 0.971. The predicted molar refractivity (Wildman–Crippen MR) is 186 cm³/mol. The van der Waals surface area contributed by atoms with Gasteiger partial charge in [0.1, 0.15) is 5.00 Å². The number of hydrogen-bond acceptors (Lipinski definition) is 4. The number of allylic oxidation sites excluding steroid dienone is 1. The topological polar surface area (TPSA) is 17.3 Å². The molecule has 0 bridgehead atoms. The largest absolute Gasteiger partial charge is 0.308 e. The molecule has 0 saturated heterocycles. The van der Waals surface area contributed by atoms with Crippen LogP contribution in [0.3, 0.4) is 0 Å². The summed E-state index contributed by atoms with van der Waals surface area (Å²) in [6, 6.07) is 33.4. The molecule has 9 aromatic rings. The van der Waals surface area contributed by atoms with Gasteiger partial charge in [-0.2, -0.15) is 0 Å². The maximum Gasteiger partial charge on any atom is 0.123 e. The Hall–Kier alpha value is -4.29. The Kier molecular flexibility index (Phi) is 4.91. The van der Waals surface area contributed by atoms with Crippen LogP contribution in [0.2, 0.25) is 0 Å². The zero-order valence-corrected chi connectivity index (χ0v) is 24.6. The number of nitrogens with zero attached hydrogens (tertiary/aromatic N) is 2. The lowest BCUT2D eigenvalue weighted by atomic mass is 10.0. The van der Waals surface area contributed by atoms with Gasteiger partial charge in [0.2, 0.25) is 0 Å². The summed E-state index contributed by atoms with van der Waals surface area (Å²) in [7, 11) is 0. The molecule has 0 spiro atoms. The smallest absolute Gasteiger partial charge is 0.123 e. The third kappa shape index (κ3) is 3.08. The molecule has 41 heavy (non-hydrogen) atoms. The molecular formula is C36H22N2S3. The van der Waals surface area contributed by atoms with E-state index in [1.807, 2.05) is 22.7 Å². The van der Waals surface area contributed by atoms with E-state index in [9.17, 15) is 0 Å². The number of aromatic nitrogens is 1. The van der Waals surface area contributed by atoms with Gasteiger partial charge in [-0.25, -0.2) is 0 Å². The Bertz CT molecular complexity index is 2570. The normalized spacial score (nSPS) is 12.5. The van der Waals surface area contributed by atoms with E-state index in [1.54, 1.807) is 11.3 Å². The van der Waals surface area contributed by atoms with Crippen LogP contribution in [-0.4, -0.2) is 11.3 Å². The van der Waals surface area contributed by atoms with Gasteiger partial charge in [-0.1, -0.05) is 66.7 Å². The van der Waals surface area contributed by atoms with Crippen LogP contribution >= 0.6 is 34.0 Å². The second-order valence-corrected chi connectivity index (χ2v) is 13.5. The molecule has 4 aromatic heterocycles. The maximum absolute atomic E-state index is 4.54. The minimum Gasteiger partial charge on any atom is -0.308 e. The highest BCUT2D eigenvalue weighted by Crippen LogP contribution is 2.53. The monoisotopic (exact) mass is 578 g/mol. The number of benzene rings is 5. The van der Waals surface area contributed by atoms with Gasteiger partial charge in [-0.15, -0.1) is 34.0 Å². The van der Waals surface area contributed by atoms with Gasteiger partial charge in [0.25, 0.3) is 0 Å². The van der Waals surface area contributed by atoms with Crippen molar-refractivity contribution in [1.29, 1.82) is 0 Å². The van der Waals surface area contributed by atoms with E-state index >= 15 is 0 Å². The Balaban J connectivity index is 1.57. The van der Waals surface area contributed by atoms with Crippen molar-refractivity contribution in [3.8, 4) is 5.69 Å². The molecule has 0 atom stereocenters. The highest BCUT2D eigenvalue weighted by atomic mass is 32.1. The maximum atomic E-state index is 4.54. The highest BCUT2D eigenvalue weighted by Gasteiger charge is 2.25. The first-order valence-corrected chi connectivity index (χ1v) is 16.1. The summed E-state index contributed by atoms with van der Waals surface area (Å²) in [5.41, 5.74) is 4.80. The van der Waals surface area contributed by atoms with Crippen molar-refractivity contribution in [2.24, 2.45) is 4.99 Å². The summed E-state index contributed by atoms with van der Waals surface area (Å²) in [4.78, 5) is 4.54. The van der Waals surface area contributed by atoms with Crippen LogP contribution in [-0.2, 0) is 0 Å². The fraction of sp³-hybridized carbons (Fsp3) is 0.0278. The van der Waals surface area contributed by atoms with E-state index in [4.69, 9.17) is 0 Å². The molecule has 0 aliphatic rings. The van der Waals surface area contributed by atoms with Crippen LogP contribution in [0.1, 0.15) is 12.5 Å². The average Bonchev–Trinajstić information content (AvgIpc) is 3.75. The number of aliphatic imine (C=N–C) groups is 1. The predicted octanol–water partition coefficient (Wildman–Crippen LogP) is 12.1. The minimum absolute atomic E-state index is 0.971. The van der Waals surface area contributed by atoms with E-state index in [2.05, 4.69) is 126 Å². The summed E-state index contributed by atoms with van der Waals surface area (Å²) in [5, 5.41) is 10.1. The summed E-state index contributed by atoms with van der Waals surface area (Å²) < 4.78 is 9.08. The molecular weight excluding hydrogens is 557 g/mol. The Labute approximate surface area is 247 Å². The quantitative estimate of drug-likeness (QED) is 0.186. The lowest BCUT2D eigenvalue weighted by Crippen LogP contribution is -1.94. The molecule has 0 N–H and O–H groups in total. The van der Waals surface area contributed by atoms with E-state index in [-0.39, 0.29) is 0 Å². The molecule has 9 rings (SSSR count). The second kappa shape index (κ2) is 8.60. The van der Waals surface area contributed by atoms with Crippen LogP contribution in [0.5, 0.6) is 0 Å². The molecule has 0 saturated carbocycles. The van der Waals surface area contributed by atoms with Crippen molar-refractivity contribution in [3.05, 3.63) is 103 Å². The van der Waals surface area contributed by atoms with Crippen LogP contribution in [0, 0.1) is 0 Å². The van der Waals surface area contributed by atoms with Crippen molar-refractivity contribution in [2.45, 2.75) is 6.92 Å².